The molecule has 1 N–H and O–H groups in total. The summed E-state index contributed by atoms with van der Waals surface area (Å²) in [6, 6.07) is 12.5. The van der Waals surface area contributed by atoms with Crippen LogP contribution in [0, 0.1) is 0 Å². The number of carbonyl (C=O) groups excluding carboxylic acids is 2. The highest BCUT2D eigenvalue weighted by Crippen LogP contribution is 2.21. The molecule has 1 saturated heterocycles. The van der Waals surface area contributed by atoms with Gasteiger partial charge in [0.15, 0.2) is 0 Å². The molecule has 1 aliphatic rings. The monoisotopic (exact) mass is 322 g/mol. The molecule has 0 spiro atoms. The van der Waals surface area contributed by atoms with Crippen molar-refractivity contribution in [3.63, 3.8) is 0 Å². The molecule has 0 aliphatic carbocycles. The van der Waals surface area contributed by atoms with Crippen molar-refractivity contribution in [1.29, 1.82) is 0 Å². The van der Waals surface area contributed by atoms with Crippen molar-refractivity contribution >= 4 is 23.2 Å². The van der Waals surface area contributed by atoms with Crippen molar-refractivity contribution in [1.82, 2.24) is 10.4 Å². The average Bonchev–Trinajstić information content (AvgIpc) is 3.06. The highest BCUT2D eigenvalue weighted by Gasteiger charge is 2.21. The lowest BCUT2D eigenvalue weighted by atomic mass is 10.2. The molecule has 2 amide bonds. The Morgan fingerprint density at radius 2 is 2.00 bits per heavy atom. The average molecular weight is 322 g/mol. The molecule has 24 heavy (non-hydrogen) atoms. The van der Waals surface area contributed by atoms with Crippen LogP contribution in [0.3, 0.4) is 0 Å². The lowest BCUT2D eigenvalue weighted by Gasteiger charge is -2.15. The molecule has 1 aromatic heterocycles. The van der Waals surface area contributed by atoms with E-state index in [2.05, 4.69) is 15.5 Å². The first-order valence-corrected chi connectivity index (χ1v) is 7.81. The van der Waals surface area contributed by atoms with Gasteiger partial charge in [-0.25, -0.2) is 5.43 Å². The van der Waals surface area contributed by atoms with Gasteiger partial charge in [0.1, 0.15) is 0 Å². The van der Waals surface area contributed by atoms with Gasteiger partial charge in [-0.3, -0.25) is 14.6 Å². The summed E-state index contributed by atoms with van der Waals surface area (Å²) < 4.78 is 0. The topological polar surface area (TPSA) is 74.7 Å². The zero-order valence-electron chi connectivity index (χ0n) is 13.4. The van der Waals surface area contributed by atoms with Crippen LogP contribution in [-0.2, 0) is 4.79 Å². The molecule has 0 radical (unpaired) electrons. The number of benzene rings is 1. The van der Waals surface area contributed by atoms with Gasteiger partial charge in [-0.1, -0.05) is 6.07 Å². The Hall–Kier alpha value is -3.02. The number of hydrogen-bond donors (Lipinski definition) is 1. The van der Waals surface area contributed by atoms with Crippen LogP contribution in [0.2, 0.25) is 0 Å². The Morgan fingerprint density at radius 3 is 2.62 bits per heavy atom. The first-order valence-electron chi connectivity index (χ1n) is 7.81. The Kier molecular flexibility index (Phi) is 4.65. The van der Waals surface area contributed by atoms with Crippen LogP contribution >= 0.6 is 0 Å². The lowest BCUT2D eigenvalue weighted by Crippen LogP contribution is -2.24. The largest absolute Gasteiger partial charge is 0.312 e. The van der Waals surface area contributed by atoms with Gasteiger partial charge in [0.2, 0.25) is 5.91 Å². The number of aromatic nitrogens is 1. The van der Waals surface area contributed by atoms with Crippen LogP contribution in [0.4, 0.5) is 5.69 Å². The molecule has 1 aliphatic heterocycles. The summed E-state index contributed by atoms with van der Waals surface area (Å²) in [5.41, 5.74) is 5.17. The van der Waals surface area contributed by atoms with Gasteiger partial charge in [0.05, 0.1) is 11.4 Å². The van der Waals surface area contributed by atoms with Crippen molar-refractivity contribution in [3.05, 3.63) is 59.9 Å². The van der Waals surface area contributed by atoms with Crippen LogP contribution in [0.15, 0.2) is 53.8 Å². The predicted octanol–water partition coefficient (Wildman–Crippen LogP) is 2.36. The molecule has 2 aromatic rings. The third kappa shape index (κ3) is 3.48. The Labute approximate surface area is 140 Å². The van der Waals surface area contributed by atoms with Crippen molar-refractivity contribution in [2.45, 2.75) is 19.8 Å². The van der Waals surface area contributed by atoms with E-state index in [1.54, 1.807) is 42.3 Å². The molecule has 122 valence electrons. The van der Waals surface area contributed by atoms with Gasteiger partial charge in [-0.05, 0) is 49.7 Å². The van der Waals surface area contributed by atoms with E-state index < -0.39 is 0 Å². The fourth-order valence-corrected chi connectivity index (χ4v) is 2.55. The SMILES string of the molecule is C/C(=N\NC(=O)c1ccc(N2CCCC2=O)cc1)c1ccccn1. The fraction of sp³-hybridized carbons (Fsp3) is 0.222. The zero-order valence-corrected chi connectivity index (χ0v) is 13.4. The molecular formula is C18H18N4O2. The maximum Gasteiger partial charge on any atom is 0.271 e. The normalized spacial score (nSPS) is 14.8. The summed E-state index contributed by atoms with van der Waals surface area (Å²) in [6.07, 6.45) is 3.14. The van der Waals surface area contributed by atoms with E-state index in [0.29, 0.717) is 23.4 Å². The summed E-state index contributed by atoms with van der Waals surface area (Å²) in [5.74, 6) is -0.174. The van der Waals surface area contributed by atoms with Crippen molar-refractivity contribution in [2.75, 3.05) is 11.4 Å². The molecule has 6 heteroatoms. The maximum absolute atomic E-state index is 12.2. The highest BCUT2D eigenvalue weighted by atomic mass is 16.2. The number of hydrazone groups is 1. The summed E-state index contributed by atoms with van der Waals surface area (Å²) in [6.45, 7) is 2.52. The molecular weight excluding hydrogens is 304 g/mol. The molecule has 0 atom stereocenters. The Balaban J connectivity index is 1.66. The van der Waals surface area contributed by atoms with Gasteiger partial charge < -0.3 is 4.90 Å². The van der Waals surface area contributed by atoms with Crippen LogP contribution in [-0.4, -0.2) is 29.1 Å². The predicted molar refractivity (Wildman–Crippen MR) is 91.9 cm³/mol. The lowest BCUT2D eigenvalue weighted by molar-refractivity contribution is -0.117. The number of pyridine rings is 1. The van der Waals surface area contributed by atoms with E-state index in [4.69, 9.17) is 0 Å². The van der Waals surface area contributed by atoms with Crippen LogP contribution in [0.5, 0.6) is 0 Å². The minimum absolute atomic E-state index is 0.128. The maximum atomic E-state index is 12.2. The zero-order chi connectivity index (χ0) is 16.9. The third-order valence-electron chi connectivity index (χ3n) is 3.88. The number of hydrogen-bond acceptors (Lipinski definition) is 4. The third-order valence-corrected chi connectivity index (χ3v) is 3.88. The van der Waals surface area contributed by atoms with Gasteiger partial charge >= 0.3 is 0 Å². The number of anilines is 1. The van der Waals surface area contributed by atoms with Crippen LogP contribution in [0.25, 0.3) is 0 Å². The van der Waals surface area contributed by atoms with Gasteiger partial charge in [0.25, 0.3) is 5.91 Å². The van der Waals surface area contributed by atoms with Crippen molar-refractivity contribution in [3.8, 4) is 0 Å². The van der Waals surface area contributed by atoms with Crippen LogP contribution in [0.1, 0.15) is 35.8 Å². The second-order valence-corrected chi connectivity index (χ2v) is 5.55. The van der Waals surface area contributed by atoms with E-state index >= 15 is 0 Å². The van der Waals surface area contributed by atoms with E-state index in [-0.39, 0.29) is 11.8 Å². The smallest absolute Gasteiger partial charge is 0.271 e. The minimum Gasteiger partial charge on any atom is -0.312 e. The summed E-state index contributed by atoms with van der Waals surface area (Å²) in [4.78, 5) is 29.8. The van der Waals surface area contributed by atoms with E-state index in [0.717, 1.165) is 18.7 Å². The number of carbonyl (C=O) groups is 2. The second-order valence-electron chi connectivity index (χ2n) is 5.55. The van der Waals surface area contributed by atoms with E-state index in [1.807, 2.05) is 18.2 Å². The first-order chi connectivity index (χ1) is 11.6. The van der Waals surface area contributed by atoms with Crippen molar-refractivity contribution < 1.29 is 9.59 Å². The first kappa shape index (κ1) is 15.9. The van der Waals surface area contributed by atoms with E-state index in [1.165, 1.54) is 0 Å². The quantitative estimate of drug-likeness (QED) is 0.693. The fourth-order valence-electron chi connectivity index (χ4n) is 2.55. The van der Waals surface area contributed by atoms with E-state index in [9.17, 15) is 9.59 Å². The molecule has 1 aromatic carbocycles. The van der Waals surface area contributed by atoms with Crippen molar-refractivity contribution in [2.24, 2.45) is 5.10 Å². The Morgan fingerprint density at radius 1 is 1.21 bits per heavy atom. The van der Waals surface area contributed by atoms with Crippen LogP contribution < -0.4 is 10.3 Å². The van der Waals surface area contributed by atoms with Gasteiger partial charge in [-0.15, -0.1) is 0 Å². The van der Waals surface area contributed by atoms with Gasteiger partial charge in [-0.2, -0.15) is 5.10 Å². The Bertz CT molecular complexity index is 769. The summed E-state index contributed by atoms with van der Waals surface area (Å²) in [5, 5.41) is 4.07. The summed E-state index contributed by atoms with van der Waals surface area (Å²) in [7, 11) is 0. The summed E-state index contributed by atoms with van der Waals surface area (Å²) >= 11 is 0. The molecule has 0 saturated carbocycles. The second kappa shape index (κ2) is 7.04. The highest BCUT2D eigenvalue weighted by molar-refractivity contribution is 6.00. The number of nitrogens with one attached hydrogen (secondary N) is 1. The number of amides is 2. The molecule has 1 fully saturated rings. The molecule has 2 heterocycles. The molecule has 6 nitrogen and oxygen atoms in total. The van der Waals surface area contributed by atoms with Gasteiger partial charge in [0, 0.05) is 30.4 Å². The number of nitrogens with zero attached hydrogens (tertiary/aromatic N) is 3. The minimum atomic E-state index is -0.301. The molecule has 0 unspecified atom stereocenters. The number of rotatable bonds is 4. The standard InChI is InChI=1S/C18H18N4O2/c1-13(16-5-2-3-11-19-16)20-21-18(24)14-7-9-15(10-8-14)22-12-4-6-17(22)23/h2-3,5,7-11H,4,6,12H2,1H3,(H,21,24)/b20-13+. The molecule has 3 rings (SSSR count). The molecule has 0 bridgehead atoms.